The lowest BCUT2D eigenvalue weighted by atomic mass is 9.47. The molecule has 3 saturated carbocycles. The molecule has 14 heteroatoms. The minimum absolute atomic E-state index is 0.0177. The third-order valence-electron chi connectivity index (χ3n) is 17.4. The molecule has 2 heterocycles. The Labute approximate surface area is 419 Å². The molecule has 14 nitrogen and oxygen atoms in total. The maximum atomic E-state index is 12.9. The highest BCUT2D eigenvalue weighted by Crippen LogP contribution is 2.67. The summed E-state index contributed by atoms with van der Waals surface area (Å²) in [5, 5.41) is 16.2. The third-order valence-corrected chi connectivity index (χ3v) is 17.4. The van der Waals surface area contributed by atoms with E-state index in [2.05, 4.69) is 89.2 Å². The number of aromatic nitrogens is 4. The van der Waals surface area contributed by atoms with E-state index in [9.17, 15) is 14.4 Å². The third kappa shape index (κ3) is 13.3. The van der Waals surface area contributed by atoms with E-state index >= 15 is 0 Å². The molecule has 3 aromatic rings. The Hall–Kier alpha value is -4.43. The Morgan fingerprint density at radius 3 is 2.27 bits per heavy atom. The first-order chi connectivity index (χ1) is 33.8. The van der Waals surface area contributed by atoms with Gasteiger partial charge in [-0.2, -0.15) is 9.97 Å². The second-order valence-electron chi connectivity index (χ2n) is 22.6. The molecule has 0 aliphatic heterocycles. The molecule has 2 aromatic heterocycles. The lowest BCUT2D eigenvalue weighted by Crippen LogP contribution is -2.51. The average molecular weight is 967 g/mol. The minimum atomic E-state index is -0.319. The molecule has 0 spiro atoms. The van der Waals surface area contributed by atoms with E-state index in [0.717, 1.165) is 132 Å². The molecule has 0 radical (unpaired) electrons. The lowest BCUT2D eigenvalue weighted by molar-refractivity contribution is -0.0581. The Kier molecular flexibility index (Phi) is 19.3. The molecular weight excluding hydrogens is 877 g/mol. The van der Waals surface area contributed by atoms with Crippen LogP contribution in [0.4, 0.5) is 16.6 Å². The number of carbonyl (C=O) groups is 2. The molecule has 8 atom stereocenters. The summed E-state index contributed by atoms with van der Waals surface area (Å²) in [6.07, 6.45) is 23.6. The number of fused-ring (bicyclic) bond motifs is 6. The van der Waals surface area contributed by atoms with Crippen LogP contribution in [0.15, 0.2) is 40.7 Å². The number of unbranched alkanes of at least 4 members (excludes halogenated alkanes) is 3. The number of imidazole rings is 1. The number of alkyl carbamates (subject to hydrolysis) is 1. The van der Waals surface area contributed by atoms with Crippen molar-refractivity contribution in [1.82, 2.24) is 40.8 Å². The SMILES string of the molecule is CCCCNc1nc(N)c2[nH]c(=O)n(Cc3ccc(C(=O)NCCCNCCCCNCCCNC(=O)O[C@H]4CC[C@@]5(C)C(=CC[C@H]6[C@@H]7CC[C@H]([C@H](C)CCCCC(C)C)[C@@]7(C)CC[C@@H]65)C4)cc3)c2n1. The van der Waals surface area contributed by atoms with Crippen LogP contribution in [0.5, 0.6) is 0 Å². The van der Waals surface area contributed by atoms with Crippen molar-refractivity contribution < 1.29 is 14.3 Å². The first-order valence-electron chi connectivity index (χ1n) is 27.7. The van der Waals surface area contributed by atoms with Crippen LogP contribution >= 0.6 is 0 Å². The molecule has 4 aliphatic carbocycles. The maximum Gasteiger partial charge on any atom is 0.407 e. The van der Waals surface area contributed by atoms with Gasteiger partial charge in [-0.25, -0.2) is 9.59 Å². The summed E-state index contributed by atoms with van der Waals surface area (Å²) in [6, 6.07) is 7.26. The van der Waals surface area contributed by atoms with Crippen molar-refractivity contribution in [3.63, 3.8) is 0 Å². The van der Waals surface area contributed by atoms with Gasteiger partial charge in [0.2, 0.25) is 5.95 Å². The van der Waals surface area contributed by atoms with Crippen LogP contribution in [0.3, 0.4) is 0 Å². The quantitative estimate of drug-likeness (QED) is 0.0286. The van der Waals surface area contributed by atoms with Crippen molar-refractivity contribution in [2.45, 2.75) is 170 Å². The molecule has 388 valence electrons. The second kappa shape index (κ2) is 25.3. The van der Waals surface area contributed by atoms with E-state index in [4.69, 9.17) is 10.5 Å². The molecule has 8 N–H and O–H groups in total. The molecule has 7 rings (SSSR count). The highest BCUT2D eigenvalue weighted by Gasteiger charge is 2.59. The van der Waals surface area contributed by atoms with Crippen molar-refractivity contribution >= 4 is 34.9 Å². The molecule has 0 saturated heterocycles. The van der Waals surface area contributed by atoms with Crippen molar-refractivity contribution in [2.24, 2.45) is 46.3 Å². The van der Waals surface area contributed by atoms with E-state index in [1.807, 2.05) is 12.1 Å². The zero-order chi connectivity index (χ0) is 49.7. The maximum absolute atomic E-state index is 12.9. The van der Waals surface area contributed by atoms with Gasteiger partial charge in [-0.1, -0.05) is 97.4 Å². The monoisotopic (exact) mass is 967 g/mol. The number of nitrogens with two attached hydrogens (primary N) is 1. The molecule has 70 heavy (non-hydrogen) atoms. The molecule has 0 bridgehead atoms. The van der Waals surface area contributed by atoms with Gasteiger partial charge >= 0.3 is 11.8 Å². The number of nitrogens with one attached hydrogen (secondary N) is 6. The molecule has 0 unspecified atom stereocenters. The normalized spacial score (nSPS) is 25.5. The standard InChI is InChI=1S/C56H90N10O4/c1-7-8-33-61-52-64-49(57)48-50(65-52)66(53(68)63-48)37-40-17-19-41(20-18-40)51(67)60-34-13-31-58-29-11-12-30-59-32-14-35-62-54(69)70-43-25-27-55(5)42(36-43)21-22-44-46-24-23-45(56(46,6)28-26-47(44)55)39(4)16-10-9-15-38(2)3/h17-21,38-39,43-47,58-59H,7-16,22-37H2,1-6H3,(H,60,67)(H,62,69)(H,63,68)(H3,57,61,64,65)/t39-,43+,44+,45-,46+,47+,55+,56-/m1/s1. The number of amides is 2. The smallest absolute Gasteiger partial charge is 0.407 e. The zero-order valence-electron chi connectivity index (χ0n) is 43.9. The Balaban J connectivity index is 0.697. The van der Waals surface area contributed by atoms with Crippen LogP contribution in [0.2, 0.25) is 0 Å². The van der Waals surface area contributed by atoms with E-state index in [-0.39, 0.29) is 41.6 Å². The van der Waals surface area contributed by atoms with Crippen LogP contribution in [-0.4, -0.2) is 83.4 Å². The summed E-state index contributed by atoms with van der Waals surface area (Å²) >= 11 is 0. The van der Waals surface area contributed by atoms with E-state index < -0.39 is 0 Å². The van der Waals surface area contributed by atoms with Gasteiger partial charge in [0, 0.05) is 31.6 Å². The predicted molar refractivity (Wildman–Crippen MR) is 284 cm³/mol. The van der Waals surface area contributed by atoms with Gasteiger partial charge in [0.05, 0.1) is 6.54 Å². The number of aromatic amines is 1. The van der Waals surface area contributed by atoms with E-state index in [1.165, 1.54) is 62.4 Å². The molecule has 2 amide bonds. The van der Waals surface area contributed by atoms with Gasteiger partial charge in [0.1, 0.15) is 11.6 Å². The summed E-state index contributed by atoms with van der Waals surface area (Å²) in [5.74, 6) is 5.51. The number of allylic oxidation sites excluding steroid dienone is 1. The van der Waals surface area contributed by atoms with Crippen LogP contribution < -0.4 is 38.0 Å². The van der Waals surface area contributed by atoms with Gasteiger partial charge in [-0.05, 0) is 167 Å². The molecule has 1 aromatic carbocycles. The molecule has 3 fully saturated rings. The molecular formula is C56H90N10O4. The second-order valence-corrected chi connectivity index (χ2v) is 22.6. The number of H-pyrrole nitrogens is 1. The number of rotatable bonds is 27. The highest BCUT2D eigenvalue weighted by atomic mass is 16.6. The Morgan fingerprint density at radius 1 is 0.829 bits per heavy atom. The van der Waals surface area contributed by atoms with Crippen molar-refractivity contribution in [1.29, 1.82) is 0 Å². The fourth-order valence-corrected chi connectivity index (χ4v) is 13.4. The molecule has 4 aliphatic rings. The van der Waals surface area contributed by atoms with Gasteiger partial charge in [0.15, 0.2) is 11.5 Å². The number of hydrogen-bond acceptors (Lipinski definition) is 10. The summed E-state index contributed by atoms with van der Waals surface area (Å²) in [4.78, 5) is 50.0. The van der Waals surface area contributed by atoms with Crippen LogP contribution in [0.1, 0.15) is 173 Å². The summed E-state index contributed by atoms with van der Waals surface area (Å²) in [6.45, 7) is 20.4. The largest absolute Gasteiger partial charge is 0.446 e. The summed E-state index contributed by atoms with van der Waals surface area (Å²) in [5.41, 5.74) is 10.4. The number of carbonyl (C=O) groups excluding carboxylic acids is 2. The van der Waals surface area contributed by atoms with Crippen LogP contribution in [-0.2, 0) is 11.3 Å². The highest BCUT2D eigenvalue weighted by molar-refractivity contribution is 5.94. The summed E-state index contributed by atoms with van der Waals surface area (Å²) < 4.78 is 7.56. The zero-order valence-corrected chi connectivity index (χ0v) is 43.9. The number of anilines is 2. The fraction of sp³-hybridized carbons (Fsp3) is 0.732. The summed E-state index contributed by atoms with van der Waals surface area (Å²) in [7, 11) is 0. The fourth-order valence-electron chi connectivity index (χ4n) is 13.4. The lowest BCUT2D eigenvalue weighted by Gasteiger charge is -2.58. The Bertz CT molecular complexity index is 2240. The number of ether oxygens (including phenoxy) is 1. The van der Waals surface area contributed by atoms with Crippen LogP contribution in [0.25, 0.3) is 11.2 Å². The predicted octanol–water partition coefficient (Wildman–Crippen LogP) is 9.96. The van der Waals surface area contributed by atoms with Gasteiger partial charge in [0.25, 0.3) is 5.91 Å². The van der Waals surface area contributed by atoms with Crippen molar-refractivity contribution in [3.8, 4) is 0 Å². The van der Waals surface area contributed by atoms with E-state index in [1.54, 1.807) is 17.7 Å². The number of nitrogen functional groups attached to an aromatic ring is 1. The topological polar surface area (TPSA) is 193 Å². The number of nitrogens with zero attached hydrogens (tertiary/aromatic N) is 3. The first-order valence-corrected chi connectivity index (χ1v) is 27.7. The van der Waals surface area contributed by atoms with Crippen LogP contribution in [0, 0.1) is 46.3 Å². The first kappa shape index (κ1) is 53.4. The van der Waals surface area contributed by atoms with Crippen molar-refractivity contribution in [3.05, 3.63) is 57.5 Å². The minimum Gasteiger partial charge on any atom is -0.446 e. The number of hydrogen-bond donors (Lipinski definition) is 7. The van der Waals surface area contributed by atoms with E-state index in [0.29, 0.717) is 41.2 Å². The Morgan fingerprint density at radius 2 is 1.54 bits per heavy atom. The van der Waals surface area contributed by atoms with Crippen molar-refractivity contribution in [2.75, 3.05) is 56.9 Å². The number of benzene rings is 1. The van der Waals surface area contributed by atoms with Gasteiger partial charge in [-0.3, -0.25) is 9.36 Å². The van der Waals surface area contributed by atoms with Gasteiger partial charge < -0.3 is 42.0 Å². The average Bonchev–Trinajstić information content (AvgIpc) is 3.86. The van der Waals surface area contributed by atoms with Gasteiger partial charge in [-0.15, -0.1) is 0 Å².